The number of aromatic nitrogens is 2. The van der Waals surface area contributed by atoms with E-state index >= 15 is 0 Å². The normalized spacial score (nSPS) is 11.6. The molecule has 1 radical (unpaired) electrons. The van der Waals surface area contributed by atoms with Gasteiger partial charge in [-0.3, -0.25) is 4.98 Å². The third kappa shape index (κ3) is 2.15. The molecule has 6 aromatic rings. The van der Waals surface area contributed by atoms with Crippen molar-refractivity contribution in [2.45, 2.75) is 0 Å². The first-order valence-corrected chi connectivity index (χ1v) is 9.36. The minimum absolute atomic E-state index is 0.974. The molecule has 28 heavy (non-hydrogen) atoms. The van der Waals surface area contributed by atoms with Crippen LogP contribution in [-0.4, -0.2) is 9.97 Å². The van der Waals surface area contributed by atoms with Crippen molar-refractivity contribution in [2.75, 3.05) is 0 Å². The highest BCUT2D eigenvalue weighted by Crippen LogP contribution is 2.37. The molecule has 2 heterocycles. The average Bonchev–Trinajstić information content (AvgIpc) is 2.78. The number of fused-ring (bicyclic) bond motifs is 6. The first kappa shape index (κ1) is 15.3. The van der Waals surface area contributed by atoms with E-state index in [1.165, 1.54) is 16.2 Å². The maximum Gasteiger partial charge on any atom is 0.0979 e. The lowest BCUT2D eigenvalue weighted by atomic mass is 9.94. The van der Waals surface area contributed by atoms with Crippen molar-refractivity contribution < 1.29 is 0 Å². The van der Waals surface area contributed by atoms with Crippen LogP contribution >= 0.6 is 0 Å². The van der Waals surface area contributed by atoms with Crippen molar-refractivity contribution >= 4 is 43.4 Å². The second-order valence-electron chi connectivity index (χ2n) is 7.02. The van der Waals surface area contributed by atoms with Crippen LogP contribution in [0.3, 0.4) is 0 Å². The summed E-state index contributed by atoms with van der Waals surface area (Å²) in [5, 5.41) is 6.90. The zero-order chi connectivity index (χ0) is 18.5. The highest BCUT2D eigenvalue weighted by Gasteiger charge is 2.13. The van der Waals surface area contributed by atoms with E-state index in [0.29, 0.717) is 0 Å². The van der Waals surface area contributed by atoms with E-state index in [1.807, 2.05) is 12.3 Å². The molecule has 0 atom stereocenters. The number of nitrogens with zero attached hydrogens (tertiary/aromatic N) is 2. The van der Waals surface area contributed by atoms with Crippen molar-refractivity contribution in [3.05, 3.63) is 97.3 Å². The molecule has 0 aliphatic heterocycles. The van der Waals surface area contributed by atoms with Crippen LogP contribution in [0.25, 0.3) is 54.5 Å². The second kappa shape index (κ2) is 5.86. The third-order valence-corrected chi connectivity index (χ3v) is 5.45. The van der Waals surface area contributed by atoms with Gasteiger partial charge in [-0.25, -0.2) is 4.98 Å². The van der Waals surface area contributed by atoms with Gasteiger partial charge in [0, 0.05) is 33.3 Å². The van der Waals surface area contributed by atoms with Gasteiger partial charge in [-0.1, -0.05) is 78.9 Å². The molecule has 2 aromatic heterocycles. The fourth-order valence-corrected chi connectivity index (χ4v) is 4.16. The number of benzene rings is 4. The lowest BCUT2D eigenvalue weighted by Crippen LogP contribution is -1.90. The summed E-state index contributed by atoms with van der Waals surface area (Å²) in [5.74, 6) is 0. The van der Waals surface area contributed by atoms with Gasteiger partial charge < -0.3 is 0 Å². The first-order chi connectivity index (χ1) is 13.9. The van der Waals surface area contributed by atoms with E-state index in [2.05, 4.69) is 85.1 Å². The molecule has 0 spiro atoms. The fourth-order valence-electron chi connectivity index (χ4n) is 4.16. The molecule has 0 aliphatic carbocycles. The van der Waals surface area contributed by atoms with Gasteiger partial charge in [-0.15, -0.1) is 0 Å². The standard InChI is InChI=1S/C26H15N2/c1-3-9-19-17(7-1)16-28-26-22(19)12-5-13-23(26)21-11-6-14-24-25(21)20-10-4-2-8-18(20)15-27-24/h1-15H. The highest BCUT2D eigenvalue weighted by molar-refractivity contribution is 6.17. The van der Waals surface area contributed by atoms with E-state index in [1.54, 1.807) is 0 Å². The van der Waals surface area contributed by atoms with Crippen LogP contribution in [-0.2, 0) is 0 Å². The van der Waals surface area contributed by atoms with Crippen LogP contribution in [0.2, 0.25) is 0 Å². The van der Waals surface area contributed by atoms with Gasteiger partial charge in [0.25, 0.3) is 0 Å². The molecule has 0 saturated heterocycles. The topological polar surface area (TPSA) is 25.8 Å². The third-order valence-electron chi connectivity index (χ3n) is 5.45. The summed E-state index contributed by atoms with van der Waals surface area (Å²) in [6.45, 7) is 0. The Kier molecular flexibility index (Phi) is 3.20. The molecular formula is C26H15N2. The Morgan fingerprint density at radius 3 is 2.32 bits per heavy atom. The van der Waals surface area contributed by atoms with Crippen molar-refractivity contribution in [3.8, 4) is 11.1 Å². The van der Waals surface area contributed by atoms with Crippen LogP contribution in [0.1, 0.15) is 0 Å². The molecule has 0 bridgehead atoms. The summed E-state index contributed by atoms with van der Waals surface area (Å²) in [6, 6.07) is 29.4. The maximum atomic E-state index is 4.73. The molecule has 0 unspecified atom stereocenters. The Labute approximate surface area is 162 Å². The van der Waals surface area contributed by atoms with Crippen LogP contribution in [0.4, 0.5) is 0 Å². The fraction of sp³-hybridized carbons (Fsp3) is 0. The summed E-state index contributed by atoms with van der Waals surface area (Å²) in [5.41, 5.74) is 4.24. The number of hydrogen-bond donors (Lipinski definition) is 0. The van der Waals surface area contributed by atoms with Crippen LogP contribution < -0.4 is 0 Å². The molecule has 4 aromatic carbocycles. The molecule has 129 valence electrons. The van der Waals surface area contributed by atoms with E-state index in [9.17, 15) is 0 Å². The summed E-state index contributed by atoms with van der Waals surface area (Å²) < 4.78 is 0. The Balaban J connectivity index is 1.78. The Hall–Kier alpha value is -3.78. The van der Waals surface area contributed by atoms with Crippen LogP contribution in [0.5, 0.6) is 0 Å². The van der Waals surface area contributed by atoms with Crippen LogP contribution in [0, 0.1) is 6.20 Å². The SMILES string of the molecule is [c]1nc2c(-c3cccc4ncc5ccccc5c34)cccc2c2ccccc12. The van der Waals surface area contributed by atoms with Crippen molar-refractivity contribution in [2.24, 2.45) is 0 Å². The predicted octanol–water partition coefficient (Wildman–Crippen LogP) is 6.56. The van der Waals surface area contributed by atoms with Crippen LogP contribution in [0.15, 0.2) is 91.1 Å². The molecule has 6 rings (SSSR count). The molecule has 0 aliphatic rings. The molecular weight excluding hydrogens is 340 g/mol. The Morgan fingerprint density at radius 2 is 1.36 bits per heavy atom. The van der Waals surface area contributed by atoms with Gasteiger partial charge in [0.05, 0.1) is 17.2 Å². The van der Waals surface area contributed by atoms with Gasteiger partial charge >= 0.3 is 0 Å². The molecule has 2 heteroatoms. The lowest BCUT2D eigenvalue weighted by molar-refractivity contribution is 1.42. The zero-order valence-electron chi connectivity index (χ0n) is 15.1. The molecule has 0 fully saturated rings. The number of para-hydroxylation sites is 1. The maximum absolute atomic E-state index is 4.73. The number of hydrogen-bond acceptors (Lipinski definition) is 2. The molecule has 0 N–H and O–H groups in total. The molecule has 2 nitrogen and oxygen atoms in total. The summed E-state index contributed by atoms with van der Waals surface area (Å²) in [6.07, 6.45) is 5.17. The van der Waals surface area contributed by atoms with Gasteiger partial charge in [-0.05, 0) is 22.4 Å². The Morgan fingerprint density at radius 1 is 0.607 bits per heavy atom. The van der Waals surface area contributed by atoms with Crippen molar-refractivity contribution in [1.82, 2.24) is 9.97 Å². The summed E-state index contributed by atoms with van der Waals surface area (Å²) in [4.78, 5) is 9.42. The van der Waals surface area contributed by atoms with Gasteiger partial charge in [0.2, 0.25) is 0 Å². The quantitative estimate of drug-likeness (QED) is 0.312. The van der Waals surface area contributed by atoms with E-state index < -0.39 is 0 Å². The number of rotatable bonds is 1. The predicted molar refractivity (Wildman–Crippen MR) is 116 cm³/mol. The van der Waals surface area contributed by atoms with Crippen molar-refractivity contribution in [3.63, 3.8) is 0 Å². The van der Waals surface area contributed by atoms with Gasteiger partial charge in [0.15, 0.2) is 0 Å². The number of pyridine rings is 2. The van der Waals surface area contributed by atoms with Crippen molar-refractivity contribution in [1.29, 1.82) is 0 Å². The van der Waals surface area contributed by atoms with Gasteiger partial charge in [-0.2, -0.15) is 0 Å². The summed E-state index contributed by atoms with van der Waals surface area (Å²) in [7, 11) is 0. The smallest absolute Gasteiger partial charge is 0.0979 e. The van der Waals surface area contributed by atoms with E-state index in [0.717, 1.165) is 38.3 Å². The first-order valence-electron chi connectivity index (χ1n) is 9.36. The Bertz CT molecular complexity index is 1520. The largest absolute Gasteiger partial charge is 0.256 e. The lowest BCUT2D eigenvalue weighted by Gasteiger charge is -2.12. The minimum atomic E-state index is 0.974. The van der Waals surface area contributed by atoms with E-state index in [-0.39, 0.29) is 0 Å². The van der Waals surface area contributed by atoms with Gasteiger partial charge in [0.1, 0.15) is 0 Å². The monoisotopic (exact) mass is 355 g/mol. The molecule has 0 amide bonds. The molecule has 0 saturated carbocycles. The minimum Gasteiger partial charge on any atom is -0.256 e. The second-order valence-corrected chi connectivity index (χ2v) is 7.02. The summed E-state index contributed by atoms with van der Waals surface area (Å²) >= 11 is 0. The average molecular weight is 355 g/mol. The van der Waals surface area contributed by atoms with E-state index in [4.69, 9.17) is 9.97 Å². The highest BCUT2D eigenvalue weighted by atomic mass is 14.7. The zero-order valence-corrected chi connectivity index (χ0v) is 15.1.